The molecule has 0 aromatic heterocycles. The summed E-state index contributed by atoms with van der Waals surface area (Å²) in [5.41, 5.74) is -1.05. The lowest BCUT2D eigenvalue weighted by molar-refractivity contribution is -0.152. The van der Waals surface area contributed by atoms with Crippen LogP contribution in [-0.2, 0) is 14.3 Å². The molecule has 1 heterocycles. The molecule has 1 saturated heterocycles. The van der Waals surface area contributed by atoms with Crippen LogP contribution < -0.4 is 5.32 Å². The molecule has 0 bridgehead atoms. The first-order valence-electron chi connectivity index (χ1n) is 9.31. The Balaban J connectivity index is 1.76. The highest BCUT2D eigenvalue weighted by atomic mass is 16.6. The van der Waals surface area contributed by atoms with Crippen LogP contribution in [-0.4, -0.2) is 52.2 Å². The molecule has 4 unspecified atom stereocenters. The second-order valence-electron chi connectivity index (χ2n) is 10.1. The Bertz CT molecular complexity index is 641. The van der Waals surface area contributed by atoms with Gasteiger partial charge in [0.1, 0.15) is 17.7 Å². The molecule has 1 aliphatic heterocycles. The second-order valence-corrected chi connectivity index (χ2v) is 10.1. The SMILES string of the molecule is CC(C)(C)OC(=O)NC(C(=O)N1CC2C(C1C(=O)O)C21CC1)C(C)(C)C. The van der Waals surface area contributed by atoms with Crippen LogP contribution >= 0.6 is 0 Å². The third kappa shape index (κ3) is 3.16. The summed E-state index contributed by atoms with van der Waals surface area (Å²) in [6.07, 6.45) is 1.49. The number of carbonyl (C=O) groups is 3. The Morgan fingerprint density at radius 2 is 1.73 bits per heavy atom. The zero-order valence-electron chi connectivity index (χ0n) is 16.5. The number of amides is 2. The van der Waals surface area contributed by atoms with Crippen LogP contribution in [0.2, 0.25) is 0 Å². The van der Waals surface area contributed by atoms with Crippen molar-refractivity contribution in [2.24, 2.45) is 22.7 Å². The van der Waals surface area contributed by atoms with E-state index in [9.17, 15) is 19.5 Å². The Morgan fingerprint density at radius 3 is 2.15 bits per heavy atom. The van der Waals surface area contributed by atoms with Gasteiger partial charge in [-0.05, 0) is 50.4 Å². The summed E-state index contributed by atoms with van der Waals surface area (Å²) in [4.78, 5) is 38.7. The number of carboxylic acid groups (broad SMARTS) is 1. The van der Waals surface area contributed by atoms with Crippen LogP contribution in [0.5, 0.6) is 0 Å². The largest absolute Gasteiger partial charge is 0.480 e. The minimum Gasteiger partial charge on any atom is -0.480 e. The number of nitrogens with one attached hydrogen (secondary N) is 1. The lowest BCUT2D eigenvalue weighted by atomic mass is 9.85. The van der Waals surface area contributed by atoms with Gasteiger partial charge in [0.15, 0.2) is 0 Å². The van der Waals surface area contributed by atoms with Crippen molar-refractivity contribution >= 4 is 18.0 Å². The molecule has 3 aliphatic rings. The average molecular weight is 366 g/mol. The maximum Gasteiger partial charge on any atom is 0.408 e. The smallest absolute Gasteiger partial charge is 0.408 e. The molecule has 3 fully saturated rings. The highest BCUT2D eigenvalue weighted by molar-refractivity contribution is 5.91. The molecule has 2 saturated carbocycles. The number of piperidine rings is 1. The van der Waals surface area contributed by atoms with Gasteiger partial charge in [0.05, 0.1) is 0 Å². The van der Waals surface area contributed by atoms with Crippen molar-refractivity contribution in [3.63, 3.8) is 0 Å². The van der Waals surface area contributed by atoms with E-state index in [1.54, 1.807) is 20.8 Å². The Kier molecular flexibility index (Phi) is 4.09. The summed E-state index contributed by atoms with van der Waals surface area (Å²) < 4.78 is 5.29. The molecule has 7 nitrogen and oxygen atoms in total. The number of hydrogen-bond donors (Lipinski definition) is 2. The number of aliphatic carboxylic acids is 1. The molecule has 1 spiro atoms. The van der Waals surface area contributed by atoms with Gasteiger partial charge in [0, 0.05) is 12.5 Å². The third-order valence-electron chi connectivity index (χ3n) is 5.93. The first-order valence-corrected chi connectivity index (χ1v) is 9.31. The minimum absolute atomic E-state index is 0.0751. The fourth-order valence-electron chi connectivity index (χ4n) is 4.56. The van der Waals surface area contributed by atoms with E-state index in [0.717, 1.165) is 12.8 Å². The van der Waals surface area contributed by atoms with Crippen LogP contribution in [0.15, 0.2) is 0 Å². The van der Waals surface area contributed by atoms with Gasteiger partial charge in [-0.3, -0.25) is 4.79 Å². The first kappa shape index (κ1) is 19.0. The molecular formula is C19H30N2O5. The lowest BCUT2D eigenvalue weighted by Crippen LogP contribution is -2.58. The Labute approximate surface area is 154 Å². The van der Waals surface area contributed by atoms with Crippen molar-refractivity contribution in [2.45, 2.75) is 72.1 Å². The standard InChI is InChI=1S/C19H30N2O5/c1-17(2,3)13(20-16(25)26-18(4,5)6)14(22)21-9-10-11(12(21)15(23)24)19(10)7-8-19/h10-13H,7-9H2,1-6H3,(H,20,25)(H,23,24). The van der Waals surface area contributed by atoms with E-state index in [-0.39, 0.29) is 17.2 Å². The van der Waals surface area contributed by atoms with Gasteiger partial charge >= 0.3 is 12.1 Å². The highest BCUT2D eigenvalue weighted by Gasteiger charge is 2.79. The molecule has 0 aromatic rings. The van der Waals surface area contributed by atoms with Crippen LogP contribution in [0, 0.1) is 22.7 Å². The van der Waals surface area contributed by atoms with E-state index in [4.69, 9.17) is 4.74 Å². The number of carbonyl (C=O) groups excluding carboxylic acids is 2. The summed E-state index contributed by atoms with van der Waals surface area (Å²) in [6.45, 7) is 11.3. The molecule has 3 rings (SSSR count). The summed E-state index contributed by atoms with van der Waals surface area (Å²) in [5, 5.41) is 12.4. The van der Waals surface area contributed by atoms with Gasteiger partial charge in [0.2, 0.25) is 5.91 Å². The molecule has 0 radical (unpaired) electrons. The van der Waals surface area contributed by atoms with Gasteiger partial charge in [-0.1, -0.05) is 20.8 Å². The lowest BCUT2D eigenvalue weighted by Gasteiger charge is -2.36. The summed E-state index contributed by atoms with van der Waals surface area (Å²) in [6, 6.07) is -1.62. The van der Waals surface area contributed by atoms with E-state index in [1.807, 2.05) is 20.8 Å². The number of hydrogen-bond acceptors (Lipinski definition) is 4. The van der Waals surface area contributed by atoms with Crippen LogP contribution in [0.25, 0.3) is 0 Å². The summed E-state index contributed by atoms with van der Waals surface area (Å²) >= 11 is 0. The van der Waals surface area contributed by atoms with Gasteiger partial charge in [-0.2, -0.15) is 0 Å². The molecule has 4 atom stereocenters. The summed E-state index contributed by atoms with van der Waals surface area (Å²) in [7, 11) is 0. The number of ether oxygens (including phenoxy) is 1. The predicted molar refractivity (Wildman–Crippen MR) is 94.4 cm³/mol. The minimum atomic E-state index is -0.945. The maximum atomic E-state index is 13.2. The molecule has 146 valence electrons. The van der Waals surface area contributed by atoms with Crippen molar-refractivity contribution in [3.8, 4) is 0 Å². The van der Waals surface area contributed by atoms with Crippen molar-refractivity contribution in [3.05, 3.63) is 0 Å². The number of carboxylic acids is 1. The fraction of sp³-hybridized carbons (Fsp3) is 0.842. The molecule has 26 heavy (non-hydrogen) atoms. The van der Waals surface area contributed by atoms with Crippen LogP contribution in [0.4, 0.5) is 4.79 Å². The van der Waals surface area contributed by atoms with Crippen LogP contribution in [0.1, 0.15) is 54.4 Å². The Hall–Kier alpha value is -1.79. The number of fused-ring (bicyclic) bond motifs is 3. The predicted octanol–water partition coefficient (Wildman–Crippen LogP) is 2.25. The van der Waals surface area contributed by atoms with Crippen molar-refractivity contribution in [1.29, 1.82) is 0 Å². The van der Waals surface area contributed by atoms with Gasteiger partial charge in [0.25, 0.3) is 0 Å². The first-order chi connectivity index (χ1) is 11.8. The normalized spacial score (nSPS) is 29.8. The summed E-state index contributed by atoms with van der Waals surface area (Å²) in [5.74, 6) is -0.904. The maximum absolute atomic E-state index is 13.2. The quantitative estimate of drug-likeness (QED) is 0.799. The topological polar surface area (TPSA) is 95.9 Å². The van der Waals surface area contributed by atoms with E-state index < -0.39 is 35.2 Å². The van der Waals surface area contributed by atoms with Gasteiger partial charge in [-0.25, -0.2) is 9.59 Å². The molecular weight excluding hydrogens is 336 g/mol. The molecule has 0 aromatic carbocycles. The monoisotopic (exact) mass is 366 g/mol. The zero-order valence-corrected chi connectivity index (χ0v) is 16.5. The zero-order chi connectivity index (χ0) is 19.7. The van der Waals surface area contributed by atoms with Gasteiger partial charge < -0.3 is 20.1 Å². The fourth-order valence-corrected chi connectivity index (χ4v) is 4.56. The molecule has 2 aliphatic carbocycles. The molecule has 7 heteroatoms. The van der Waals surface area contributed by atoms with E-state index in [2.05, 4.69) is 5.32 Å². The van der Waals surface area contributed by atoms with Crippen LogP contribution in [0.3, 0.4) is 0 Å². The number of nitrogens with zero attached hydrogens (tertiary/aromatic N) is 1. The van der Waals surface area contributed by atoms with Crippen molar-refractivity contribution in [1.82, 2.24) is 10.2 Å². The number of likely N-dealkylation sites (tertiary alicyclic amines) is 1. The van der Waals surface area contributed by atoms with Gasteiger partial charge in [-0.15, -0.1) is 0 Å². The van der Waals surface area contributed by atoms with E-state index in [1.165, 1.54) is 4.90 Å². The average Bonchev–Trinajstić information content (AvgIpc) is 3.29. The Morgan fingerprint density at radius 1 is 1.15 bits per heavy atom. The van der Waals surface area contributed by atoms with Crippen molar-refractivity contribution in [2.75, 3.05) is 6.54 Å². The van der Waals surface area contributed by atoms with E-state index >= 15 is 0 Å². The number of rotatable bonds is 3. The highest BCUT2D eigenvalue weighted by Crippen LogP contribution is 2.78. The molecule has 2 amide bonds. The second kappa shape index (κ2) is 5.60. The third-order valence-corrected chi connectivity index (χ3v) is 5.93. The van der Waals surface area contributed by atoms with Crippen molar-refractivity contribution < 1.29 is 24.2 Å². The number of alkyl carbamates (subject to hydrolysis) is 1. The van der Waals surface area contributed by atoms with E-state index in [0.29, 0.717) is 12.5 Å². The molecule has 2 N–H and O–H groups in total.